The molecular weight excluding hydrogens is 344 g/mol. The summed E-state index contributed by atoms with van der Waals surface area (Å²) in [5.41, 5.74) is 4.98. The van der Waals surface area contributed by atoms with Crippen molar-refractivity contribution in [1.29, 1.82) is 0 Å². The van der Waals surface area contributed by atoms with Crippen molar-refractivity contribution in [3.05, 3.63) is 63.0 Å². The molecule has 2 nitrogen and oxygen atoms in total. The summed E-state index contributed by atoms with van der Waals surface area (Å²) in [7, 11) is 0. The van der Waals surface area contributed by atoms with Gasteiger partial charge in [-0.2, -0.15) is 5.10 Å². The maximum atomic E-state index is 4.19. The second-order valence-corrected chi connectivity index (χ2v) is 5.17. The fourth-order valence-electron chi connectivity index (χ4n) is 1.30. The van der Waals surface area contributed by atoms with E-state index in [-0.39, 0.29) is 0 Å². The molecule has 2 rings (SSSR count). The Hall–Kier alpha value is -1.13. The summed E-state index contributed by atoms with van der Waals surface area (Å²) in [6.07, 6.45) is 1.79. The molecular formula is C13H10Br2N2. The second kappa shape index (κ2) is 5.98. The molecule has 0 fully saturated rings. The van der Waals surface area contributed by atoms with Crippen LogP contribution >= 0.6 is 31.9 Å². The maximum Gasteiger partial charge on any atom is 0.0715 e. The van der Waals surface area contributed by atoms with Gasteiger partial charge in [-0.25, -0.2) is 0 Å². The molecule has 0 atom stereocenters. The van der Waals surface area contributed by atoms with Gasteiger partial charge in [-0.15, -0.1) is 0 Å². The normalized spacial score (nSPS) is 10.7. The van der Waals surface area contributed by atoms with E-state index in [1.165, 1.54) is 0 Å². The fraction of sp³-hybridized carbons (Fsp3) is 0. The van der Waals surface area contributed by atoms with Gasteiger partial charge >= 0.3 is 0 Å². The first-order valence-corrected chi connectivity index (χ1v) is 6.63. The number of hydrogen-bond donors (Lipinski definition) is 1. The summed E-state index contributed by atoms with van der Waals surface area (Å²) >= 11 is 6.88. The van der Waals surface area contributed by atoms with Gasteiger partial charge in [0, 0.05) is 8.95 Å². The molecule has 0 aromatic heterocycles. The Bertz CT molecular complexity index is 524. The van der Waals surface area contributed by atoms with Gasteiger partial charge < -0.3 is 0 Å². The van der Waals surface area contributed by atoms with Crippen LogP contribution in [0.25, 0.3) is 0 Å². The topological polar surface area (TPSA) is 24.4 Å². The van der Waals surface area contributed by atoms with Crippen molar-refractivity contribution >= 4 is 43.8 Å². The van der Waals surface area contributed by atoms with E-state index in [1.54, 1.807) is 6.21 Å². The molecule has 0 bridgehead atoms. The SMILES string of the molecule is Brc1ccc(Br)c(NN=Cc2ccccc2)c1. The Morgan fingerprint density at radius 2 is 1.76 bits per heavy atom. The first-order valence-electron chi connectivity index (χ1n) is 5.05. The van der Waals surface area contributed by atoms with E-state index in [0.717, 1.165) is 20.2 Å². The third kappa shape index (κ3) is 3.68. The van der Waals surface area contributed by atoms with Crippen LogP contribution in [0.2, 0.25) is 0 Å². The highest BCUT2D eigenvalue weighted by Gasteiger charge is 1.98. The Balaban J connectivity index is 2.07. The molecule has 0 unspecified atom stereocenters. The van der Waals surface area contributed by atoms with Crippen LogP contribution < -0.4 is 5.43 Å². The van der Waals surface area contributed by atoms with Gasteiger partial charge in [0.1, 0.15) is 0 Å². The monoisotopic (exact) mass is 352 g/mol. The van der Waals surface area contributed by atoms with Crippen LogP contribution in [0.5, 0.6) is 0 Å². The number of benzene rings is 2. The Labute approximate surface area is 117 Å². The van der Waals surface area contributed by atoms with E-state index in [0.29, 0.717) is 0 Å². The molecule has 17 heavy (non-hydrogen) atoms. The van der Waals surface area contributed by atoms with Crippen molar-refractivity contribution in [1.82, 2.24) is 0 Å². The molecule has 0 aliphatic rings. The van der Waals surface area contributed by atoms with Crippen molar-refractivity contribution < 1.29 is 0 Å². The lowest BCUT2D eigenvalue weighted by atomic mass is 10.2. The Morgan fingerprint density at radius 1 is 1.00 bits per heavy atom. The lowest BCUT2D eigenvalue weighted by Crippen LogP contribution is -1.91. The Morgan fingerprint density at radius 3 is 2.53 bits per heavy atom. The van der Waals surface area contributed by atoms with E-state index < -0.39 is 0 Å². The van der Waals surface area contributed by atoms with Crippen molar-refractivity contribution in [3.63, 3.8) is 0 Å². The van der Waals surface area contributed by atoms with Crippen LogP contribution in [-0.4, -0.2) is 6.21 Å². The van der Waals surface area contributed by atoms with Gasteiger partial charge in [0.2, 0.25) is 0 Å². The maximum absolute atomic E-state index is 4.19. The molecule has 0 aliphatic carbocycles. The minimum Gasteiger partial charge on any atom is -0.277 e. The van der Waals surface area contributed by atoms with E-state index in [4.69, 9.17) is 0 Å². The summed E-state index contributed by atoms with van der Waals surface area (Å²) in [6, 6.07) is 15.8. The predicted molar refractivity (Wildman–Crippen MR) is 79.5 cm³/mol. The van der Waals surface area contributed by atoms with Gasteiger partial charge in [0.05, 0.1) is 11.9 Å². The van der Waals surface area contributed by atoms with E-state index in [9.17, 15) is 0 Å². The summed E-state index contributed by atoms with van der Waals surface area (Å²) < 4.78 is 1.99. The zero-order chi connectivity index (χ0) is 12.1. The van der Waals surface area contributed by atoms with Crippen molar-refractivity contribution in [2.24, 2.45) is 5.10 Å². The number of anilines is 1. The summed E-state index contributed by atoms with van der Waals surface area (Å²) in [5.74, 6) is 0. The van der Waals surface area contributed by atoms with Gasteiger partial charge in [0.15, 0.2) is 0 Å². The van der Waals surface area contributed by atoms with Gasteiger partial charge in [-0.05, 0) is 39.7 Å². The molecule has 0 radical (unpaired) electrons. The van der Waals surface area contributed by atoms with E-state index in [2.05, 4.69) is 42.4 Å². The number of rotatable bonds is 3. The van der Waals surface area contributed by atoms with Crippen molar-refractivity contribution in [2.45, 2.75) is 0 Å². The minimum absolute atomic E-state index is 0.923. The molecule has 2 aromatic carbocycles. The molecule has 0 saturated carbocycles. The average molecular weight is 354 g/mol. The van der Waals surface area contributed by atoms with Gasteiger partial charge in [-0.1, -0.05) is 46.3 Å². The molecule has 0 aliphatic heterocycles. The highest BCUT2D eigenvalue weighted by molar-refractivity contribution is 9.11. The zero-order valence-corrected chi connectivity index (χ0v) is 12.1. The van der Waals surface area contributed by atoms with E-state index >= 15 is 0 Å². The number of hydrogen-bond acceptors (Lipinski definition) is 2. The molecule has 0 saturated heterocycles. The van der Waals surface area contributed by atoms with Crippen LogP contribution in [0.4, 0.5) is 5.69 Å². The molecule has 1 N–H and O–H groups in total. The second-order valence-electron chi connectivity index (χ2n) is 3.40. The number of nitrogens with one attached hydrogen (secondary N) is 1. The van der Waals surface area contributed by atoms with Crippen LogP contribution in [0, 0.1) is 0 Å². The Kier molecular flexibility index (Phi) is 4.34. The lowest BCUT2D eigenvalue weighted by Gasteiger charge is -2.03. The first-order chi connectivity index (χ1) is 8.25. The summed E-state index contributed by atoms with van der Waals surface area (Å²) in [5, 5.41) is 4.19. The quantitative estimate of drug-likeness (QED) is 0.630. The smallest absolute Gasteiger partial charge is 0.0715 e. The minimum atomic E-state index is 0.923. The molecule has 2 aromatic rings. The predicted octanol–water partition coefficient (Wildman–Crippen LogP) is 4.66. The average Bonchev–Trinajstić information content (AvgIpc) is 2.35. The highest BCUT2D eigenvalue weighted by Crippen LogP contribution is 2.25. The summed E-state index contributed by atoms with van der Waals surface area (Å²) in [6.45, 7) is 0. The van der Waals surface area contributed by atoms with Gasteiger partial charge in [0.25, 0.3) is 0 Å². The number of halogens is 2. The third-order valence-corrected chi connectivity index (χ3v) is 3.31. The van der Waals surface area contributed by atoms with Crippen LogP contribution in [-0.2, 0) is 0 Å². The van der Waals surface area contributed by atoms with Crippen LogP contribution in [0.3, 0.4) is 0 Å². The molecule has 4 heteroatoms. The van der Waals surface area contributed by atoms with Crippen LogP contribution in [0.15, 0.2) is 62.6 Å². The van der Waals surface area contributed by atoms with Crippen molar-refractivity contribution in [2.75, 3.05) is 5.43 Å². The number of hydrazone groups is 1. The largest absolute Gasteiger partial charge is 0.277 e. The first kappa shape index (κ1) is 12.3. The van der Waals surface area contributed by atoms with Gasteiger partial charge in [-0.3, -0.25) is 5.43 Å². The molecule has 86 valence electrons. The summed E-state index contributed by atoms with van der Waals surface area (Å²) in [4.78, 5) is 0. The molecule has 0 heterocycles. The molecule has 0 spiro atoms. The number of nitrogens with zero attached hydrogens (tertiary/aromatic N) is 1. The standard InChI is InChI=1S/C13H10Br2N2/c14-11-6-7-12(15)13(8-11)17-16-9-10-4-2-1-3-5-10/h1-9,17H. The lowest BCUT2D eigenvalue weighted by molar-refractivity contribution is 1.33. The van der Waals surface area contributed by atoms with Crippen LogP contribution in [0.1, 0.15) is 5.56 Å². The zero-order valence-electron chi connectivity index (χ0n) is 8.90. The fourth-order valence-corrected chi connectivity index (χ4v) is 2.00. The molecule has 0 amide bonds. The highest BCUT2D eigenvalue weighted by atomic mass is 79.9. The van der Waals surface area contributed by atoms with E-state index in [1.807, 2.05) is 48.5 Å². The van der Waals surface area contributed by atoms with Crippen molar-refractivity contribution in [3.8, 4) is 0 Å². The third-order valence-electron chi connectivity index (χ3n) is 2.13.